The van der Waals surface area contributed by atoms with Gasteiger partial charge < -0.3 is 22.2 Å². The van der Waals surface area contributed by atoms with Crippen molar-refractivity contribution in [1.29, 1.82) is 0 Å². The zero-order valence-electron chi connectivity index (χ0n) is 8.65. The minimum atomic E-state index is 0. The lowest BCUT2D eigenvalue weighted by Gasteiger charge is -2.23. The SMILES string of the molecule is C=C(C)CNCC[N+](C)(C)C.[Cl-]. The Morgan fingerprint density at radius 1 is 1.33 bits per heavy atom. The van der Waals surface area contributed by atoms with Gasteiger partial charge in [-0.1, -0.05) is 12.2 Å². The maximum Gasteiger partial charge on any atom is 0.0907 e. The topological polar surface area (TPSA) is 12.0 Å². The fourth-order valence-corrected chi connectivity index (χ4v) is 0.716. The van der Waals surface area contributed by atoms with Crippen molar-refractivity contribution in [2.45, 2.75) is 6.92 Å². The summed E-state index contributed by atoms with van der Waals surface area (Å²) in [7, 11) is 6.59. The lowest BCUT2D eigenvalue weighted by Crippen LogP contribution is -3.00. The van der Waals surface area contributed by atoms with Crippen molar-refractivity contribution in [2.24, 2.45) is 0 Å². The third-order valence-electron chi connectivity index (χ3n) is 1.39. The Morgan fingerprint density at radius 2 is 1.83 bits per heavy atom. The van der Waals surface area contributed by atoms with Gasteiger partial charge in [0.05, 0.1) is 27.7 Å². The summed E-state index contributed by atoms with van der Waals surface area (Å²) < 4.78 is 1.02. The molecule has 0 bridgehead atoms. The van der Waals surface area contributed by atoms with E-state index in [0.29, 0.717) is 0 Å². The molecule has 0 fully saturated rings. The van der Waals surface area contributed by atoms with Gasteiger partial charge in [0.1, 0.15) is 0 Å². The average Bonchev–Trinajstić information content (AvgIpc) is 1.78. The van der Waals surface area contributed by atoms with E-state index in [1.54, 1.807) is 0 Å². The monoisotopic (exact) mass is 192 g/mol. The molecule has 0 heterocycles. The molecule has 74 valence electrons. The Morgan fingerprint density at radius 3 is 2.17 bits per heavy atom. The molecule has 0 aliphatic rings. The van der Waals surface area contributed by atoms with Crippen molar-refractivity contribution in [3.63, 3.8) is 0 Å². The van der Waals surface area contributed by atoms with Gasteiger partial charge in [-0.2, -0.15) is 0 Å². The van der Waals surface area contributed by atoms with Crippen LogP contribution in [0.1, 0.15) is 6.92 Å². The van der Waals surface area contributed by atoms with Crippen LogP contribution in [0.25, 0.3) is 0 Å². The van der Waals surface area contributed by atoms with Crippen LogP contribution in [-0.4, -0.2) is 45.3 Å². The van der Waals surface area contributed by atoms with Crippen LogP contribution < -0.4 is 17.7 Å². The van der Waals surface area contributed by atoms with E-state index in [0.717, 1.165) is 24.1 Å². The lowest BCUT2D eigenvalue weighted by molar-refractivity contribution is -0.869. The number of halogens is 1. The molecule has 0 aliphatic heterocycles. The molecule has 0 spiro atoms. The van der Waals surface area contributed by atoms with Gasteiger partial charge in [0.15, 0.2) is 0 Å². The van der Waals surface area contributed by atoms with Crippen LogP contribution in [0.4, 0.5) is 0 Å². The summed E-state index contributed by atoms with van der Waals surface area (Å²) in [6.45, 7) is 9.03. The largest absolute Gasteiger partial charge is 1.00 e. The van der Waals surface area contributed by atoms with E-state index in [2.05, 4.69) is 33.0 Å². The quantitative estimate of drug-likeness (QED) is 0.298. The fourth-order valence-electron chi connectivity index (χ4n) is 0.716. The smallest absolute Gasteiger partial charge is 0.0907 e. The summed E-state index contributed by atoms with van der Waals surface area (Å²) in [5.41, 5.74) is 1.20. The zero-order chi connectivity index (χ0) is 8.91. The van der Waals surface area contributed by atoms with E-state index in [9.17, 15) is 0 Å². The van der Waals surface area contributed by atoms with Gasteiger partial charge in [0.25, 0.3) is 0 Å². The highest BCUT2D eigenvalue weighted by atomic mass is 35.5. The summed E-state index contributed by atoms with van der Waals surface area (Å²) in [4.78, 5) is 0. The molecule has 0 aliphatic carbocycles. The molecule has 0 unspecified atom stereocenters. The number of quaternary nitrogens is 1. The molecule has 0 aromatic rings. The maximum absolute atomic E-state index is 3.82. The van der Waals surface area contributed by atoms with Gasteiger partial charge in [-0.25, -0.2) is 0 Å². The molecule has 0 saturated heterocycles. The first-order valence-electron chi connectivity index (χ1n) is 4.07. The molecule has 1 N–H and O–H groups in total. The predicted molar refractivity (Wildman–Crippen MR) is 50.6 cm³/mol. The highest BCUT2D eigenvalue weighted by Crippen LogP contribution is 1.87. The van der Waals surface area contributed by atoms with Crippen LogP contribution in [0.3, 0.4) is 0 Å². The Labute approximate surface area is 82.6 Å². The van der Waals surface area contributed by atoms with E-state index >= 15 is 0 Å². The lowest BCUT2D eigenvalue weighted by atomic mass is 10.3. The zero-order valence-corrected chi connectivity index (χ0v) is 9.41. The molecule has 0 rings (SSSR count). The number of nitrogens with zero attached hydrogens (tertiary/aromatic N) is 1. The van der Waals surface area contributed by atoms with Crippen molar-refractivity contribution >= 4 is 0 Å². The van der Waals surface area contributed by atoms with Crippen molar-refractivity contribution in [2.75, 3.05) is 40.8 Å². The van der Waals surface area contributed by atoms with Gasteiger partial charge in [-0.15, -0.1) is 0 Å². The molecule has 2 nitrogen and oxygen atoms in total. The van der Waals surface area contributed by atoms with Gasteiger partial charge in [0, 0.05) is 13.1 Å². The van der Waals surface area contributed by atoms with Crippen molar-refractivity contribution in [3.05, 3.63) is 12.2 Å². The van der Waals surface area contributed by atoms with Crippen molar-refractivity contribution in [1.82, 2.24) is 5.32 Å². The van der Waals surface area contributed by atoms with Gasteiger partial charge in [-0.05, 0) is 6.92 Å². The minimum absolute atomic E-state index is 0. The second kappa shape index (κ2) is 6.46. The second-order valence-electron chi connectivity index (χ2n) is 4.15. The maximum atomic E-state index is 3.82. The third kappa shape index (κ3) is 12.6. The first kappa shape index (κ1) is 14.5. The van der Waals surface area contributed by atoms with E-state index in [4.69, 9.17) is 0 Å². The van der Waals surface area contributed by atoms with E-state index in [1.165, 1.54) is 5.57 Å². The summed E-state index contributed by atoms with van der Waals surface area (Å²) in [5.74, 6) is 0. The van der Waals surface area contributed by atoms with Gasteiger partial charge >= 0.3 is 0 Å². The van der Waals surface area contributed by atoms with Crippen molar-refractivity contribution < 1.29 is 16.9 Å². The molecule has 0 atom stereocenters. The van der Waals surface area contributed by atoms with Gasteiger partial charge in [0.2, 0.25) is 0 Å². The first-order valence-corrected chi connectivity index (χ1v) is 4.07. The number of hydrogen-bond acceptors (Lipinski definition) is 1. The predicted octanol–water partition coefficient (Wildman–Crippen LogP) is -2.14. The molecule has 3 heteroatoms. The van der Waals surface area contributed by atoms with Crippen LogP contribution in [0, 0.1) is 0 Å². The van der Waals surface area contributed by atoms with Crippen LogP contribution in [0.2, 0.25) is 0 Å². The highest BCUT2D eigenvalue weighted by molar-refractivity contribution is 4.90. The fraction of sp³-hybridized carbons (Fsp3) is 0.778. The molecule has 0 saturated carbocycles. The summed E-state index contributed by atoms with van der Waals surface area (Å²) >= 11 is 0. The third-order valence-corrected chi connectivity index (χ3v) is 1.39. The Balaban J connectivity index is 0. The van der Waals surface area contributed by atoms with E-state index in [1.807, 2.05) is 6.92 Å². The van der Waals surface area contributed by atoms with Crippen LogP contribution in [-0.2, 0) is 0 Å². The Bertz CT molecular complexity index is 127. The average molecular weight is 193 g/mol. The normalized spacial score (nSPS) is 10.7. The van der Waals surface area contributed by atoms with Crippen LogP contribution in [0.5, 0.6) is 0 Å². The number of likely N-dealkylation sites (N-methyl/N-ethyl adjacent to an activating group) is 1. The van der Waals surface area contributed by atoms with E-state index < -0.39 is 0 Å². The van der Waals surface area contributed by atoms with E-state index in [-0.39, 0.29) is 12.4 Å². The number of nitrogens with one attached hydrogen (secondary N) is 1. The standard InChI is InChI=1S/C9H21N2.ClH/c1-9(2)8-10-6-7-11(3,4)5;/h10H,1,6-8H2,2-5H3;1H/q+1;/p-1. The molecule has 0 amide bonds. The van der Waals surface area contributed by atoms with Crippen LogP contribution in [0.15, 0.2) is 12.2 Å². The molecule has 0 aromatic carbocycles. The molecular formula is C9H21ClN2. The van der Waals surface area contributed by atoms with Gasteiger partial charge in [-0.3, -0.25) is 0 Å². The summed E-state index contributed by atoms with van der Waals surface area (Å²) in [6.07, 6.45) is 0. The Hall–Kier alpha value is -0.0500. The first-order chi connectivity index (χ1) is 4.92. The highest BCUT2D eigenvalue weighted by Gasteiger charge is 2.04. The molecule has 0 radical (unpaired) electrons. The molecular weight excluding hydrogens is 172 g/mol. The summed E-state index contributed by atoms with van der Waals surface area (Å²) in [5, 5.41) is 3.33. The Kier molecular flexibility index (Phi) is 7.80. The van der Waals surface area contributed by atoms with Crippen LogP contribution >= 0.6 is 0 Å². The number of rotatable bonds is 5. The number of hydrogen-bond donors (Lipinski definition) is 1. The van der Waals surface area contributed by atoms with Crippen molar-refractivity contribution in [3.8, 4) is 0 Å². The molecule has 12 heavy (non-hydrogen) atoms. The minimum Gasteiger partial charge on any atom is -1.00 e. The summed E-state index contributed by atoms with van der Waals surface area (Å²) in [6, 6.07) is 0. The second-order valence-corrected chi connectivity index (χ2v) is 4.15. The molecule has 0 aromatic heterocycles.